The van der Waals surface area contributed by atoms with Gasteiger partial charge in [-0.25, -0.2) is 4.79 Å². The van der Waals surface area contributed by atoms with Gasteiger partial charge in [-0.3, -0.25) is 16.4 Å². The second-order valence-electron chi connectivity index (χ2n) is 2.35. The molecule has 0 aromatic rings. The summed E-state index contributed by atoms with van der Waals surface area (Å²) in [5.41, 5.74) is 10.2. The fourth-order valence-corrected chi connectivity index (χ4v) is 0.200. The van der Waals surface area contributed by atoms with Crippen LogP contribution in [0, 0.1) is 0 Å². The average molecular weight is 164 g/mol. The van der Waals surface area contributed by atoms with Crippen LogP contribution in [0.25, 0.3) is 0 Å². The first-order valence-electron chi connectivity index (χ1n) is 2.98. The lowest BCUT2D eigenvalue weighted by Gasteiger charge is -2.16. The average Bonchev–Trinajstić information content (AvgIpc) is 1.80. The van der Waals surface area contributed by atoms with Crippen molar-refractivity contribution in [1.82, 2.24) is 0 Å². The normalized spacial score (nSPS) is 14.3. The first-order chi connectivity index (χ1) is 4.83. The van der Waals surface area contributed by atoms with Gasteiger partial charge in [0.25, 0.3) is 0 Å². The fourth-order valence-electron chi connectivity index (χ4n) is 0.200. The van der Waals surface area contributed by atoms with Crippen molar-refractivity contribution in [2.75, 3.05) is 0 Å². The van der Waals surface area contributed by atoms with Gasteiger partial charge >= 0.3 is 5.97 Å². The maximum Gasteiger partial charge on any atom is 0.370 e. The second kappa shape index (κ2) is 3.63. The highest BCUT2D eigenvalue weighted by Gasteiger charge is 2.18. The number of rotatable bonds is 3. The van der Waals surface area contributed by atoms with Crippen LogP contribution in [0.2, 0.25) is 0 Å². The summed E-state index contributed by atoms with van der Waals surface area (Å²) >= 11 is 0. The van der Waals surface area contributed by atoms with Crippen LogP contribution in [0.5, 0.6) is 0 Å². The molecule has 1 unspecified atom stereocenters. The Labute approximate surface area is 64.0 Å². The van der Waals surface area contributed by atoms with E-state index in [-0.39, 0.29) is 0 Å². The molecule has 0 aliphatic carbocycles. The van der Waals surface area contributed by atoms with E-state index in [9.17, 15) is 4.79 Å². The number of hydrogen-bond acceptors (Lipinski definition) is 6. The monoisotopic (exact) mass is 164 g/mol. The molecule has 6 nitrogen and oxygen atoms in total. The second-order valence-corrected chi connectivity index (χ2v) is 2.35. The third-order valence-corrected chi connectivity index (χ3v) is 0.644. The van der Waals surface area contributed by atoms with Gasteiger partial charge < -0.3 is 5.11 Å². The third kappa shape index (κ3) is 5.74. The molecule has 0 aliphatic rings. The largest absolute Gasteiger partial charge is 0.382 e. The van der Waals surface area contributed by atoms with E-state index in [1.165, 1.54) is 13.8 Å². The molecule has 0 aliphatic heterocycles. The number of carbonyl (C=O) groups excluding carboxylic acids is 1. The topological polar surface area (TPSA) is 108 Å². The SMILES string of the molecule is CC(O)C(=O)OOC(C)(N)N. The molecule has 0 saturated heterocycles. The third-order valence-electron chi connectivity index (χ3n) is 0.644. The van der Waals surface area contributed by atoms with Crippen LogP contribution in [0.15, 0.2) is 0 Å². The maximum absolute atomic E-state index is 10.5. The summed E-state index contributed by atoms with van der Waals surface area (Å²) in [5.74, 6) is -2.47. The molecule has 0 heterocycles. The number of hydrogen-bond donors (Lipinski definition) is 3. The number of aliphatic hydroxyl groups is 1. The summed E-state index contributed by atoms with van der Waals surface area (Å²) in [7, 11) is 0. The molecular formula is C5H12N2O4. The van der Waals surface area contributed by atoms with Crippen LogP contribution in [0.4, 0.5) is 0 Å². The van der Waals surface area contributed by atoms with Crippen molar-refractivity contribution in [2.24, 2.45) is 11.5 Å². The summed E-state index contributed by atoms with van der Waals surface area (Å²) in [6, 6.07) is 0. The van der Waals surface area contributed by atoms with E-state index in [2.05, 4.69) is 9.78 Å². The van der Waals surface area contributed by atoms with Gasteiger partial charge in [0.05, 0.1) is 0 Å². The van der Waals surface area contributed by atoms with Crippen molar-refractivity contribution in [1.29, 1.82) is 0 Å². The van der Waals surface area contributed by atoms with E-state index >= 15 is 0 Å². The van der Waals surface area contributed by atoms with Crippen molar-refractivity contribution in [3.63, 3.8) is 0 Å². The molecule has 11 heavy (non-hydrogen) atoms. The first kappa shape index (κ1) is 10.3. The number of aliphatic hydroxyl groups excluding tert-OH is 1. The molecular weight excluding hydrogens is 152 g/mol. The summed E-state index contributed by atoms with van der Waals surface area (Å²) in [5, 5.41) is 8.58. The lowest BCUT2D eigenvalue weighted by atomic mass is 10.4. The molecule has 6 heteroatoms. The van der Waals surface area contributed by atoms with Gasteiger partial charge in [-0.15, -0.1) is 4.89 Å². The Kier molecular flexibility index (Phi) is 3.40. The molecule has 1 atom stereocenters. The smallest absolute Gasteiger partial charge is 0.370 e. The van der Waals surface area contributed by atoms with Crippen LogP contribution < -0.4 is 11.5 Å². The maximum atomic E-state index is 10.5. The zero-order valence-corrected chi connectivity index (χ0v) is 6.40. The summed E-state index contributed by atoms with van der Waals surface area (Å²) in [6.45, 7) is 2.53. The van der Waals surface area contributed by atoms with Crippen molar-refractivity contribution in [3.05, 3.63) is 0 Å². The van der Waals surface area contributed by atoms with Gasteiger partial charge in [-0.1, -0.05) is 0 Å². The van der Waals surface area contributed by atoms with Crippen molar-refractivity contribution < 1.29 is 19.7 Å². The number of nitrogens with two attached hydrogens (primary N) is 2. The Morgan fingerprint density at radius 3 is 2.36 bits per heavy atom. The predicted octanol–water partition coefficient (Wildman–Crippen LogP) is -1.57. The van der Waals surface area contributed by atoms with E-state index in [0.29, 0.717) is 0 Å². The van der Waals surface area contributed by atoms with Crippen LogP contribution in [-0.4, -0.2) is 23.0 Å². The number of carbonyl (C=O) groups is 1. The molecule has 66 valence electrons. The van der Waals surface area contributed by atoms with Gasteiger partial charge in [0.15, 0.2) is 6.10 Å². The molecule has 0 fully saturated rings. The molecule has 0 rings (SSSR count). The van der Waals surface area contributed by atoms with Gasteiger partial charge in [-0.2, -0.15) is 0 Å². The van der Waals surface area contributed by atoms with Gasteiger partial charge in [0.2, 0.25) is 5.85 Å². The lowest BCUT2D eigenvalue weighted by Crippen LogP contribution is -2.49. The van der Waals surface area contributed by atoms with E-state index in [4.69, 9.17) is 16.6 Å². The van der Waals surface area contributed by atoms with Gasteiger partial charge in [-0.05, 0) is 13.8 Å². The molecule has 0 aromatic heterocycles. The van der Waals surface area contributed by atoms with Gasteiger partial charge in [0, 0.05) is 0 Å². The Balaban J connectivity index is 3.64. The highest BCUT2D eigenvalue weighted by molar-refractivity contribution is 5.73. The van der Waals surface area contributed by atoms with Gasteiger partial charge in [0.1, 0.15) is 0 Å². The van der Waals surface area contributed by atoms with E-state index in [0.717, 1.165) is 0 Å². The lowest BCUT2D eigenvalue weighted by molar-refractivity contribution is -0.330. The zero-order valence-electron chi connectivity index (χ0n) is 6.40. The van der Waals surface area contributed by atoms with Crippen LogP contribution >= 0.6 is 0 Å². The highest BCUT2D eigenvalue weighted by Crippen LogP contribution is 1.95. The minimum Gasteiger partial charge on any atom is -0.382 e. The summed E-state index contributed by atoms with van der Waals surface area (Å²) in [6.07, 6.45) is -1.25. The van der Waals surface area contributed by atoms with Crippen molar-refractivity contribution in [2.45, 2.75) is 25.8 Å². The molecule has 5 N–H and O–H groups in total. The van der Waals surface area contributed by atoms with Crippen LogP contribution in [0.3, 0.4) is 0 Å². The highest BCUT2D eigenvalue weighted by atomic mass is 17.2. The summed E-state index contributed by atoms with van der Waals surface area (Å²) in [4.78, 5) is 18.7. The molecule has 0 aromatic carbocycles. The standard InChI is InChI=1S/C5H12N2O4/c1-3(8)4(9)10-11-5(2,6)7/h3,8H,6-7H2,1-2H3. The quantitative estimate of drug-likeness (QED) is 0.264. The molecule has 0 amide bonds. The molecule has 0 saturated carbocycles. The molecule has 0 spiro atoms. The summed E-state index contributed by atoms with van der Waals surface area (Å²) < 4.78 is 0. The molecule has 0 radical (unpaired) electrons. The zero-order chi connectivity index (χ0) is 9.07. The fraction of sp³-hybridized carbons (Fsp3) is 0.800. The Morgan fingerprint density at radius 1 is 1.64 bits per heavy atom. The van der Waals surface area contributed by atoms with Crippen LogP contribution in [0.1, 0.15) is 13.8 Å². The van der Waals surface area contributed by atoms with Crippen molar-refractivity contribution in [3.8, 4) is 0 Å². The predicted molar refractivity (Wildman–Crippen MR) is 35.6 cm³/mol. The van der Waals surface area contributed by atoms with E-state index in [1.807, 2.05) is 0 Å². The Bertz CT molecular complexity index is 140. The first-order valence-corrected chi connectivity index (χ1v) is 2.98. The van der Waals surface area contributed by atoms with Crippen molar-refractivity contribution >= 4 is 5.97 Å². The Hall–Kier alpha value is -0.690. The minimum atomic E-state index is -1.54. The van der Waals surface area contributed by atoms with E-state index in [1.54, 1.807) is 0 Å². The molecule has 0 bridgehead atoms. The minimum absolute atomic E-state index is 0.938. The van der Waals surface area contributed by atoms with Crippen LogP contribution in [-0.2, 0) is 14.6 Å². The Morgan fingerprint density at radius 2 is 2.09 bits per heavy atom. The van der Waals surface area contributed by atoms with E-state index < -0.39 is 17.9 Å².